The molecule has 23 heavy (non-hydrogen) atoms. The Kier molecular flexibility index (Phi) is 5.49. The molecule has 2 heterocycles. The molecule has 2 aromatic rings. The Morgan fingerprint density at radius 2 is 2.17 bits per heavy atom. The van der Waals surface area contributed by atoms with Crippen LogP contribution in [0.1, 0.15) is 22.3 Å². The fraction of sp³-hybridized carbons (Fsp3) is 0.375. The highest BCUT2D eigenvalue weighted by Crippen LogP contribution is 2.24. The normalized spacial score (nSPS) is 17.1. The maximum Gasteiger partial charge on any atom is 0.349 e. The average Bonchev–Trinajstić information content (AvgIpc) is 3.01. The van der Waals surface area contributed by atoms with Crippen molar-refractivity contribution in [2.75, 3.05) is 20.1 Å². The van der Waals surface area contributed by atoms with Gasteiger partial charge in [-0.25, -0.2) is 4.79 Å². The molecule has 3 rings (SSSR count). The van der Waals surface area contributed by atoms with E-state index in [2.05, 4.69) is 21.2 Å². The molecule has 1 saturated heterocycles. The van der Waals surface area contributed by atoms with E-state index in [-0.39, 0.29) is 29.9 Å². The molecular formula is C16H18BrClN2O3. The van der Waals surface area contributed by atoms with Gasteiger partial charge in [-0.3, -0.25) is 4.79 Å². The predicted octanol–water partition coefficient (Wildman–Crippen LogP) is 2.72. The van der Waals surface area contributed by atoms with Crippen molar-refractivity contribution in [1.29, 1.82) is 0 Å². The molecule has 1 atom stereocenters. The van der Waals surface area contributed by atoms with Crippen molar-refractivity contribution in [2.45, 2.75) is 19.4 Å². The monoisotopic (exact) mass is 400 g/mol. The van der Waals surface area contributed by atoms with Crippen LogP contribution < -0.4 is 10.9 Å². The molecule has 1 amide bonds. The number of hydrogen-bond donors (Lipinski definition) is 1. The highest BCUT2D eigenvalue weighted by Gasteiger charge is 2.28. The lowest BCUT2D eigenvalue weighted by atomic mass is 10.0. The molecule has 1 aliphatic heterocycles. The molecular weight excluding hydrogens is 384 g/mol. The van der Waals surface area contributed by atoms with Crippen LogP contribution in [0.15, 0.2) is 31.9 Å². The SMILES string of the molecule is Cc1c(C(=O)N(C)C2CCNC2)c(=O)oc2ccc(Br)cc12.Cl. The summed E-state index contributed by atoms with van der Waals surface area (Å²) in [6, 6.07) is 5.51. The quantitative estimate of drug-likeness (QED) is 0.786. The maximum absolute atomic E-state index is 12.7. The first-order chi connectivity index (χ1) is 10.5. The molecule has 1 N–H and O–H groups in total. The maximum atomic E-state index is 12.7. The van der Waals surface area contributed by atoms with Crippen LogP contribution in [-0.4, -0.2) is 37.0 Å². The van der Waals surface area contributed by atoms with E-state index in [1.807, 2.05) is 12.1 Å². The second-order valence-electron chi connectivity index (χ2n) is 5.59. The third-order valence-corrected chi connectivity index (χ3v) is 4.74. The number of amides is 1. The zero-order chi connectivity index (χ0) is 15.9. The molecule has 1 aromatic heterocycles. The van der Waals surface area contributed by atoms with Crippen LogP contribution in [0.25, 0.3) is 11.0 Å². The van der Waals surface area contributed by atoms with Crippen LogP contribution in [0.5, 0.6) is 0 Å². The Hall–Kier alpha value is -1.37. The number of carbonyl (C=O) groups excluding carboxylic acids is 1. The first-order valence-corrected chi connectivity index (χ1v) is 7.99. The van der Waals surface area contributed by atoms with Gasteiger partial charge in [0.1, 0.15) is 11.1 Å². The Balaban J connectivity index is 0.00000192. The number of aryl methyl sites for hydroxylation is 1. The van der Waals surface area contributed by atoms with E-state index in [1.54, 1.807) is 24.9 Å². The second kappa shape index (κ2) is 7.03. The number of likely N-dealkylation sites (N-methyl/N-ethyl adjacent to an activating group) is 1. The largest absolute Gasteiger partial charge is 0.422 e. The summed E-state index contributed by atoms with van der Waals surface area (Å²) in [4.78, 5) is 26.6. The number of hydrogen-bond acceptors (Lipinski definition) is 4. The molecule has 1 aliphatic rings. The molecule has 7 heteroatoms. The van der Waals surface area contributed by atoms with Crippen LogP contribution in [0.2, 0.25) is 0 Å². The van der Waals surface area contributed by atoms with Crippen LogP contribution in [-0.2, 0) is 0 Å². The zero-order valence-electron chi connectivity index (χ0n) is 12.9. The Labute approximate surface area is 148 Å². The lowest BCUT2D eigenvalue weighted by Crippen LogP contribution is -2.40. The van der Waals surface area contributed by atoms with Crippen LogP contribution >= 0.6 is 28.3 Å². The highest BCUT2D eigenvalue weighted by atomic mass is 79.9. The summed E-state index contributed by atoms with van der Waals surface area (Å²) < 4.78 is 6.20. The summed E-state index contributed by atoms with van der Waals surface area (Å²) in [5.74, 6) is -0.276. The van der Waals surface area contributed by atoms with Gasteiger partial charge in [-0.2, -0.15) is 0 Å². The minimum Gasteiger partial charge on any atom is -0.422 e. The first-order valence-electron chi connectivity index (χ1n) is 7.20. The molecule has 1 aromatic carbocycles. The van der Waals surface area contributed by atoms with Gasteiger partial charge in [0, 0.05) is 29.5 Å². The molecule has 1 fully saturated rings. The lowest BCUT2D eigenvalue weighted by Gasteiger charge is -2.24. The number of nitrogens with zero attached hydrogens (tertiary/aromatic N) is 1. The topological polar surface area (TPSA) is 62.6 Å². The van der Waals surface area contributed by atoms with Gasteiger partial charge in [0.15, 0.2) is 0 Å². The lowest BCUT2D eigenvalue weighted by molar-refractivity contribution is 0.0739. The molecule has 0 aliphatic carbocycles. The minimum absolute atomic E-state index is 0. The van der Waals surface area contributed by atoms with E-state index >= 15 is 0 Å². The van der Waals surface area contributed by atoms with Crippen molar-refractivity contribution in [1.82, 2.24) is 10.2 Å². The number of nitrogens with one attached hydrogen (secondary N) is 1. The van der Waals surface area contributed by atoms with Crippen molar-refractivity contribution < 1.29 is 9.21 Å². The molecule has 0 saturated carbocycles. The molecule has 0 spiro atoms. The van der Waals surface area contributed by atoms with Gasteiger partial charge in [0.25, 0.3) is 5.91 Å². The van der Waals surface area contributed by atoms with E-state index in [9.17, 15) is 9.59 Å². The third kappa shape index (κ3) is 3.29. The van der Waals surface area contributed by atoms with E-state index in [4.69, 9.17) is 4.42 Å². The van der Waals surface area contributed by atoms with Gasteiger partial charge in [-0.05, 0) is 43.7 Å². The van der Waals surface area contributed by atoms with Crippen molar-refractivity contribution in [3.05, 3.63) is 44.2 Å². The minimum atomic E-state index is -0.574. The summed E-state index contributed by atoms with van der Waals surface area (Å²) in [6.07, 6.45) is 0.895. The second-order valence-corrected chi connectivity index (χ2v) is 6.51. The van der Waals surface area contributed by atoms with Crippen LogP contribution in [0.3, 0.4) is 0 Å². The Morgan fingerprint density at radius 1 is 1.43 bits per heavy atom. The van der Waals surface area contributed by atoms with Crippen molar-refractivity contribution in [3.8, 4) is 0 Å². The number of halogens is 2. The number of rotatable bonds is 2. The summed E-state index contributed by atoms with van der Waals surface area (Å²) in [5, 5.41) is 4.00. The van der Waals surface area contributed by atoms with Gasteiger partial charge >= 0.3 is 5.63 Å². The first kappa shape index (κ1) is 18.0. The number of fused-ring (bicyclic) bond motifs is 1. The molecule has 0 radical (unpaired) electrons. The molecule has 0 bridgehead atoms. The van der Waals surface area contributed by atoms with Gasteiger partial charge in [0.2, 0.25) is 0 Å². The summed E-state index contributed by atoms with van der Waals surface area (Å²) in [7, 11) is 1.74. The van der Waals surface area contributed by atoms with Crippen LogP contribution in [0, 0.1) is 6.92 Å². The van der Waals surface area contributed by atoms with Gasteiger partial charge in [0.05, 0.1) is 0 Å². The predicted molar refractivity (Wildman–Crippen MR) is 95.5 cm³/mol. The van der Waals surface area contributed by atoms with Crippen molar-refractivity contribution in [3.63, 3.8) is 0 Å². The van der Waals surface area contributed by atoms with E-state index in [1.165, 1.54) is 0 Å². The standard InChI is InChI=1S/C16H17BrN2O3.ClH/c1-9-12-7-10(17)3-4-13(12)22-16(21)14(9)15(20)19(2)11-5-6-18-8-11;/h3-4,7,11,18H,5-6,8H2,1-2H3;1H. The van der Waals surface area contributed by atoms with Gasteiger partial charge < -0.3 is 14.6 Å². The highest BCUT2D eigenvalue weighted by molar-refractivity contribution is 9.10. The van der Waals surface area contributed by atoms with Gasteiger partial charge in [-0.1, -0.05) is 15.9 Å². The number of benzene rings is 1. The molecule has 124 valence electrons. The Bertz CT molecular complexity index is 800. The fourth-order valence-corrected chi connectivity index (χ4v) is 3.24. The average molecular weight is 402 g/mol. The number of carbonyl (C=O) groups is 1. The summed E-state index contributed by atoms with van der Waals surface area (Å²) in [6.45, 7) is 3.44. The van der Waals surface area contributed by atoms with E-state index in [0.29, 0.717) is 11.1 Å². The smallest absolute Gasteiger partial charge is 0.349 e. The summed E-state index contributed by atoms with van der Waals surface area (Å²) >= 11 is 3.41. The van der Waals surface area contributed by atoms with Gasteiger partial charge in [-0.15, -0.1) is 12.4 Å². The van der Waals surface area contributed by atoms with E-state index < -0.39 is 5.63 Å². The molecule has 5 nitrogen and oxygen atoms in total. The van der Waals surface area contributed by atoms with E-state index in [0.717, 1.165) is 29.4 Å². The molecule has 1 unspecified atom stereocenters. The van der Waals surface area contributed by atoms with Crippen molar-refractivity contribution in [2.24, 2.45) is 0 Å². The van der Waals surface area contributed by atoms with Crippen molar-refractivity contribution >= 4 is 45.2 Å². The van der Waals surface area contributed by atoms with Crippen LogP contribution in [0.4, 0.5) is 0 Å². The summed E-state index contributed by atoms with van der Waals surface area (Å²) in [5.41, 5.74) is 0.706. The third-order valence-electron chi connectivity index (χ3n) is 4.24. The zero-order valence-corrected chi connectivity index (χ0v) is 15.3. The fourth-order valence-electron chi connectivity index (χ4n) is 2.88. The Morgan fingerprint density at radius 3 is 2.83 bits per heavy atom.